The van der Waals surface area contributed by atoms with Crippen LogP contribution in [0.4, 0.5) is 17.1 Å². The molecule has 3 aliphatic heterocycles. The van der Waals surface area contributed by atoms with Gasteiger partial charge in [-0.05, 0) is 71.1 Å². The second-order valence-corrected chi connectivity index (χ2v) is 14.1. The van der Waals surface area contributed by atoms with Crippen LogP contribution in [0.5, 0.6) is 23.0 Å². The average Bonchev–Trinajstić information content (AvgIpc) is 3.49. The van der Waals surface area contributed by atoms with E-state index in [4.69, 9.17) is 9.47 Å². The summed E-state index contributed by atoms with van der Waals surface area (Å²) in [4.78, 5) is 2.43. The van der Waals surface area contributed by atoms with Gasteiger partial charge in [0.2, 0.25) is 0 Å². The highest BCUT2D eigenvalue weighted by molar-refractivity contribution is 6.98. The minimum absolute atomic E-state index is 0.0322. The Bertz CT molecular complexity index is 2710. The number of aromatic nitrogens is 1. The smallest absolute Gasteiger partial charge is 0.260 e. The third-order valence-electron chi connectivity index (χ3n) is 11.1. The fourth-order valence-electron chi connectivity index (χ4n) is 8.94. The number of nitrogens with zero attached hydrogens (tertiary/aromatic N) is 2. The summed E-state index contributed by atoms with van der Waals surface area (Å²) in [5, 5.41) is 2.48. The first-order chi connectivity index (χ1) is 24.6. The molecule has 0 unspecified atom stereocenters. The monoisotopic (exact) mass is 642 g/mol. The largest absolute Gasteiger partial charge is 0.458 e. The molecule has 5 heteroatoms. The molecule has 0 saturated heterocycles. The van der Waals surface area contributed by atoms with Gasteiger partial charge < -0.3 is 18.9 Å². The Balaban J connectivity index is 1.20. The van der Waals surface area contributed by atoms with Crippen LogP contribution >= 0.6 is 0 Å². The molecule has 0 amide bonds. The highest BCUT2D eigenvalue weighted by Gasteiger charge is 2.41. The molecule has 7 aromatic carbocycles. The molecule has 0 atom stereocenters. The fraction of sp³-hybridized carbons (Fsp3) is 0.0667. The second kappa shape index (κ2) is 9.93. The van der Waals surface area contributed by atoms with Gasteiger partial charge in [0.05, 0.1) is 22.4 Å². The molecule has 1 aromatic heterocycles. The Labute approximate surface area is 290 Å². The second-order valence-electron chi connectivity index (χ2n) is 14.1. The molecule has 0 N–H and O–H groups in total. The lowest BCUT2D eigenvalue weighted by Crippen LogP contribution is -2.57. The highest BCUT2D eigenvalue weighted by atomic mass is 16.5. The van der Waals surface area contributed by atoms with Crippen LogP contribution in [0.25, 0.3) is 27.5 Å². The van der Waals surface area contributed by atoms with Gasteiger partial charge in [-0.1, -0.05) is 105 Å². The molecule has 3 aliphatic rings. The van der Waals surface area contributed by atoms with E-state index < -0.39 is 0 Å². The Morgan fingerprint density at radius 2 is 1.22 bits per heavy atom. The number of ether oxygens (including phenoxy) is 2. The Morgan fingerprint density at radius 3 is 2.10 bits per heavy atom. The van der Waals surface area contributed by atoms with Crippen LogP contribution in [0, 0.1) is 0 Å². The molecule has 50 heavy (non-hydrogen) atoms. The zero-order chi connectivity index (χ0) is 33.1. The highest BCUT2D eigenvalue weighted by Crippen LogP contribution is 2.55. The molecule has 0 bridgehead atoms. The van der Waals surface area contributed by atoms with Crippen LogP contribution in [0.15, 0.2) is 152 Å². The third kappa shape index (κ3) is 3.61. The van der Waals surface area contributed by atoms with E-state index in [1.807, 2.05) is 18.2 Å². The maximum absolute atomic E-state index is 6.78. The van der Waals surface area contributed by atoms with Gasteiger partial charge in [0, 0.05) is 44.7 Å². The van der Waals surface area contributed by atoms with E-state index in [0.717, 1.165) is 50.8 Å². The van der Waals surface area contributed by atoms with Crippen molar-refractivity contribution in [1.29, 1.82) is 0 Å². The Kier molecular flexibility index (Phi) is 5.50. The van der Waals surface area contributed by atoms with E-state index >= 15 is 0 Å². The summed E-state index contributed by atoms with van der Waals surface area (Å²) in [6.45, 7) is 4.79. The van der Waals surface area contributed by atoms with Gasteiger partial charge in [-0.25, -0.2) is 0 Å². The maximum atomic E-state index is 6.78. The van der Waals surface area contributed by atoms with Gasteiger partial charge in [-0.2, -0.15) is 0 Å². The minimum atomic E-state index is -0.283. The van der Waals surface area contributed by atoms with Crippen LogP contribution in [0.2, 0.25) is 0 Å². The van der Waals surface area contributed by atoms with Crippen molar-refractivity contribution in [3.05, 3.63) is 163 Å². The average molecular weight is 643 g/mol. The molecular weight excluding hydrogens is 611 g/mol. The van der Waals surface area contributed by atoms with Crippen molar-refractivity contribution in [3.63, 3.8) is 0 Å². The van der Waals surface area contributed by atoms with Crippen molar-refractivity contribution in [3.8, 4) is 28.7 Å². The normalized spacial score (nSPS) is 14.6. The number of rotatable bonds is 2. The summed E-state index contributed by atoms with van der Waals surface area (Å²) in [7, 11) is 0. The molecule has 0 aliphatic carbocycles. The van der Waals surface area contributed by atoms with Gasteiger partial charge in [0.1, 0.15) is 23.0 Å². The van der Waals surface area contributed by atoms with E-state index in [1.165, 1.54) is 44.3 Å². The molecule has 4 heterocycles. The van der Waals surface area contributed by atoms with Crippen LogP contribution in [-0.4, -0.2) is 11.3 Å². The predicted molar refractivity (Wildman–Crippen MR) is 205 cm³/mol. The first kappa shape index (κ1) is 27.7. The summed E-state index contributed by atoms with van der Waals surface area (Å²) in [5.41, 5.74) is 12.8. The van der Waals surface area contributed by atoms with Crippen LogP contribution in [-0.2, 0) is 5.41 Å². The number of hydrogen-bond donors (Lipinski definition) is 0. The van der Waals surface area contributed by atoms with Gasteiger partial charge in [0.15, 0.2) is 0 Å². The summed E-state index contributed by atoms with van der Waals surface area (Å²) in [5.74, 6) is 3.49. The molecule has 11 rings (SSSR count). The zero-order valence-corrected chi connectivity index (χ0v) is 27.7. The summed E-state index contributed by atoms with van der Waals surface area (Å²) in [6.07, 6.45) is 0. The van der Waals surface area contributed by atoms with E-state index in [9.17, 15) is 0 Å². The van der Waals surface area contributed by atoms with Crippen molar-refractivity contribution in [2.75, 3.05) is 4.90 Å². The van der Waals surface area contributed by atoms with E-state index in [-0.39, 0.29) is 12.1 Å². The lowest BCUT2D eigenvalue weighted by molar-refractivity contribution is 0.464. The molecule has 0 saturated carbocycles. The van der Waals surface area contributed by atoms with E-state index in [1.54, 1.807) is 0 Å². The molecule has 0 fully saturated rings. The van der Waals surface area contributed by atoms with Crippen molar-refractivity contribution in [2.24, 2.45) is 0 Å². The molecule has 0 spiro atoms. The minimum Gasteiger partial charge on any atom is -0.458 e. The number of hydrogen-bond acceptors (Lipinski definition) is 3. The first-order valence-electron chi connectivity index (χ1n) is 17.3. The lowest BCUT2D eigenvalue weighted by Gasteiger charge is -2.42. The number of fused-ring (bicyclic) bond motifs is 10. The van der Waals surface area contributed by atoms with E-state index in [2.05, 4.69) is 157 Å². The van der Waals surface area contributed by atoms with Crippen LogP contribution < -0.4 is 30.8 Å². The standard InChI is InChI=1S/C45H31BN2O2/c1-45(2)32-16-7-10-19-36(32)47(28-13-4-3-5-14-28)37-26-24-31-30-15-6-9-18-35(30)48(44(31)42(37)45)29-23-25-34-41(27-29)50-40-22-12-21-39-43(40)46(34)33-17-8-11-20-38(33)49-39/h3-27H,1-2H3. The maximum Gasteiger partial charge on any atom is 0.260 e. The van der Waals surface area contributed by atoms with Gasteiger partial charge >= 0.3 is 0 Å². The van der Waals surface area contributed by atoms with Gasteiger partial charge in [-0.15, -0.1) is 0 Å². The predicted octanol–water partition coefficient (Wildman–Crippen LogP) is 9.62. The number of para-hydroxylation sites is 4. The van der Waals surface area contributed by atoms with E-state index in [0.29, 0.717) is 0 Å². The molecule has 236 valence electrons. The summed E-state index contributed by atoms with van der Waals surface area (Å²) >= 11 is 0. The molecular formula is C45H31BN2O2. The first-order valence-corrected chi connectivity index (χ1v) is 17.3. The quantitative estimate of drug-likeness (QED) is 0.176. The number of benzene rings is 7. The fourth-order valence-corrected chi connectivity index (χ4v) is 8.94. The Morgan fingerprint density at radius 1 is 0.520 bits per heavy atom. The summed E-state index contributed by atoms with van der Waals surface area (Å²) < 4.78 is 15.6. The van der Waals surface area contributed by atoms with Crippen molar-refractivity contribution in [1.82, 2.24) is 4.57 Å². The number of anilines is 3. The van der Waals surface area contributed by atoms with Crippen molar-refractivity contribution in [2.45, 2.75) is 19.3 Å². The molecule has 4 nitrogen and oxygen atoms in total. The van der Waals surface area contributed by atoms with Crippen molar-refractivity contribution < 1.29 is 9.47 Å². The topological polar surface area (TPSA) is 26.6 Å². The van der Waals surface area contributed by atoms with Crippen LogP contribution in [0.1, 0.15) is 25.0 Å². The molecule has 0 radical (unpaired) electrons. The SMILES string of the molecule is CC1(C)c2ccccc2N(c2ccccc2)c2ccc3c4ccccc4n(-c4ccc5c(c4)Oc4cccc6c4B5c4ccccc4O6)c3c21. The van der Waals surface area contributed by atoms with Gasteiger partial charge in [-0.3, -0.25) is 0 Å². The third-order valence-corrected chi connectivity index (χ3v) is 11.1. The Hall–Kier alpha value is -6.20. The summed E-state index contributed by atoms with van der Waals surface area (Å²) in [6, 6.07) is 54.3. The van der Waals surface area contributed by atoms with Crippen LogP contribution in [0.3, 0.4) is 0 Å². The molecule has 8 aromatic rings. The van der Waals surface area contributed by atoms with Gasteiger partial charge in [0.25, 0.3) is 6.71 Å². The van der Waals surface area contributed by atoms with Crippen molar-refractivity contribution >= 4 is 62.0 Å². The zero-order valence-electron chi connectivity index (χ0n) is 27.7. The lowest BCUT2D eigenvalue weighted by atomic mass is 9.35.